The fraction of sp³-hybridized carbons (Fsp3) is 0.417. The van der Waals surface area contributed by atoms with Crippen LogP contribution in [0.25, 0.3) is 4.96 Å². The summed E-state index contributed by atoms with van der Waals surface area (Å²) in [6, 6.07) is 0. The lowest BCUT2D eigenvalue weighted by Gasteiger charge is -2.18. The number of carbonyl (C=O) groups is 1. The number of fused-ring (bicyclic) bond motifs is 1. The summed E-state index contributed by atoms with van der Waals surface area (Å²) in [6.07, 6.45) is 3.45. The molecule has 3 rings (SSSR count). The molecule has 0 aromatic carbocycles. The quantitative estimate of drug-likeness (QED) is 0.817. The summed E-state index contributed by atoms with van der Waals surface area (Å²) in [6.45, 7) is 2.39. The molecule has 1 aliphatic rings. The summed E-state index contributed by atoms with van der Waals surface area (Å²) in [5.74, 6) is -0.365. The van der Waals surface area contributed by atoms with Crippen LogP contribution in [0.4, 0.5) is 0 Å². The third kappa shape index (κ3) is 2.04. The number of likely N-dealkylation sites (tertiary alicyclic amines) is 1. The maximum absolute atomic E-state index is 12.3. The van der Waals surface area contributed by atoms with E-state index >= 15 is 0 Å². The number of hydrogen-bond acceptors (Lipinski definition) is 5. The standard InChI is InChI=1S/C12H13N3O3S/c1-12(18)2-3-14(7-12)9(16)8-6-13-11-15(10(8)17)4-5-19-11/h4-6,18H,2-3,7H2,1H3. The van der Waals surface area contributed by atoms with Crippen molar-refractivity contribution in [3.8, 4) is 0 Å². The van der Waals surface area contributed by atoms with Gasteiger partial charge in [-0.25, -0.2) is 4.98 Å². The summed E-state index contributed by atoms with van der Waals surface area (Å²) in [5, 5.41) is 11.6. The smallest absolute Gasteiger partial charge is 0.271 e. The fourth-order valence-electron chi connectivity index (χ4n) is 2.26. The normalized spacial score (nSPS) is 23.2. The Kier molecular flexibility index (Phi) is 2.68. The van der Waals surface area contributed by atoms with Crippen molar-refractivity contribution in [1.29, 1.82) is 0 Å². The molecule has 1 N–H and O–H groups in total. The number of nitrogens with zero attached hydrogens (tertiary/aromatic N) is 3. The first-order valence-corrected chi connectivity index (χ1v) is 6.82. The van der Waals surface area contributed by atoms with Gasteiger partial charge in [0, 0.05) is 30.9 Å². The molecule has 0 spiro atoms. The Morgan fingerprint density at radius 2 is 2.37 bits per heavy atom. The largest absolute Gasteiger partial charge is 0.388 e. The average Bonchev–Trinajstić information content (AvgIpc) is 2.95. The molecule has 1 amide bonds. The summed E-state index contributed by atoms with van der Waals surface area (Å²) < 4.78 is 1.37. The van der Waals surface area contributed by atoms with Gasteiger partial charge in [-0.15, -0.1) is 11.3 Å². The van der Waals surface area contributed by atoms with E-state index < -0.39 is 5.60 Å². The molecule has 0 bridgehead atoms. The monoisotopic (exact) mass is 279 g/mol. The van der Waals surface area contributed by atoms with E-state index in [0.29, 0.717) is 17.9 Å². The van der Waals surface area contributed by atoms with Crippen LogP contribution in [0, 0.1) is 0 Å². The number of hydrogen-bond donors (Lipinski definition) is 1. The molecule has 1 unspecified atom stereocenters. The molecule has 19 heavy (non-hydrogen) atoms. The van der Waals surface area contributed by atoms with Crippen molar-refractivity contribution in [2.45, 2.75) is 18.9 Å². The number of carbonyl (C=O) groups excluding carboxylic acids is 1. The van der Waals surface area contributed by atoms with Gasteiger partial charge in [0.2, 0.25) is 0 Å². The number of aromatic nitrogens is 2. The second-order valence-corrected chi connectivity index (χ2v) is 5.88. The van der Waals surface area contributed by atoms with Crippen LogP contribution in [-0.4, -0.2) is 44.0 Å². The highest BCUT2D eigenvalue weighted by atomic mass is 32.1. The molecule has 2 aromatic heterocycles. The van der Waals surface area contributed by atoms with E-state index in [4.69, 9.17) is 0 Å². The molecule has 0 aliphatic carbocycles. The average molecular weight is 279 g/mol. The molecule has 7 heteroatoms. The van der Waals surface area contributed by atoms with Crippen molar-refractivity contribution < 1.29 is 9.90 Å². The zero-order valence-electron chi connectivity index (χ0n) is 10.4. The Bertz CT molecular complexity index is 704. The van der Waals surface area contributed by atoms with Crippen LogP contribution in [0.1, 0.15) is 23.7 Å². The predicted molar refractivity (Wildman–Crippen MR) is 70.5 cm³/mol. The Balaban J connectivity index is 1.98. The van der Waals surface area contributed by atoms with Crippen LogP contribution in [-0.2, 0) is 0 Å². The zero-order chi connectivity index (χ0) is 13.6. The van der Waals surface area contributed by atoms with Crippen LogP contribution < -0.4 is 5.56 Å². The van der Waals surface area contributed by atoms with E-state index in [0.717, 1.165) is 0 Å². The van der Waals surface area contributed by atoms with Crippen LogP contribution in [0.5, 0.6) is 0 Å². The van der Waals surface area contributed by atoms with Gasteiger partial charge in [0.1, 0.15) is 5.56 Å². The number of β-amino-alcohol motifs (C(OH)–C–C–N with tert-alkyl or cyclic N) is 1. The van der Waals surface area contributed by atoms with Crippen LogP contribution in [0.15, 0.2) is 22.6 Å². The van der Waals surface area contributed by atoms with Gasteiger partial charge in [-0.05, 0) is 13.3 Å². The first-order valence-electron chi connectivity index (χ1n) is 5.94. The van der Waals surface area contributed by atoms with E-state index in [2.05, 4.69) is 4.98 Å². The third-order valence-electron chi connectivity index (χ3n) is 3.31. The Hall–Kier alpha value is -1.73. The van der Waals surface area contributed by atoms with Gasteiger partial charge < -0.3 is 10.0 Å². The van der Waals surface area contributed by atoms with Gasteiger partial charge in [0.15, 0.2) is 4.96 Å². The topological polar surface area (TPSA) is 74.9 Å². The van der Waals surface area contributed by atoms with Gasteiger partial charge in [0.05, 0.1) is 5.60 Å². The van der Waals surface area contributed by atoms with E-state index in [1.165, 1.54) is 26.8 Å². The second kappa shape index (κ2) is 4.14. The van der Waals surface area contributed by atoms with Gasteiger partial charge in [-0.2, -0.15) is 0 Å². The maximum atomic E-state index is 12.3. The predicted octanol–water partition coefficient (Wildman–Crippen LogP) is 0.353. The molecular formula is C12H13N3O3S. The Labute approximate surface area is 112 Å². The van der Waals surface area contributed by atoms with Crippen molar-refractivity contribution >= 4 is 22.2 Å². The summed E-state index contributed by atoms with van der Waals surface area (Å²) in [7, 11) is 0. The van der Waals surface area contributed by atoms with E-state index in [1.54, 1.807) is 18.5 Å². The van der Waals surface area contributed by atoms with Gasteiger partial charge in [0.25, 0.3) is 11.5 Å². The molecule has 0 saturated carbocycles. The van der Waals surface area contributed by atoms with E-state index in [1.807, 2.05) is 0 Å². The van der Waals surface area contributed by atoms with Gasteiger partial charge >= 0.3 is 0 Å². The maximum Gasteiger partial charge on any atom is 0.271 e. The highest BCUT2D eigenvalue weighted by Gasteiger charge is 2.35. The lowest BCUT2D eigenvalue weighted by Crippen LogP contribution is -2.37. The minimum atomic E-state index is -0.869. The Morgan fingerprint density at radius 1 is 1.58 bits per heavy atom. The van der Waals surface area contributed by atoms with Crippen molar-refractivity contribution in [3.05, 3.63) is 33.7 Å². The molecular weight excluding hydrogens is 266 g/mol. The molecule has 0 radical (unpaired) electrons. The summed E-state index contributed by atoms with van der Waals surface area (Å²) >= 11 is 1.34. The van der Waals surface area contributed by atoms with Gasteiger partial charge in [-0.1, -0.05) is 0 Å². The lowest BCUT2D eigenvalue weighted by molar-refractivity contribution is 0.0571. The van der Waals surface area contributed by atoms with Crippen LogP contribution in [0.3, 0.4) is 0 Å². The molecule has 6 nitrogen and oxygen atoms in total. The van der Waals surface area contributed by atoms with Gasteiger partial charge in [-0.3, -0.25) is 14.0 Å². The number of rotatable bonds is 1. The van der Waals surface area contributed by atoms with Crippen molar-refractivity contribution in [3.63, 3.8) is 0 Å². The van der Waals surface area contributed by atoms with Crippen LogP contribution in [0.2, 0.25) is 0 Å². The number of aliphatic hydroxyl groups is 1. The van der Waals surface area contributed by atoms with Crippen molar-refractivity contribution in [2.75, 3.05) is 13.1 Å². The minimum absolute atomic E-state index is 0.0496. The molecule has 1 saturated heterocycles. The lowest BCUT2D eigenvalue weighted by atomic mass is 10.1. The van der Waals surface area contributed by atoms with E-state index in [9.17, 15) is 14.7 Å². The minimum Gasteiger partial charge on any atom is -0.388 e. The highest BCUT2D eigenvalue weighted by molar-refractivity contribution is 7.15. The SMILES string of the molecule is CC1(O)CCN(C(=O)c2cnc3sccn3c2=O)C1. The molecule has 3 heterocycles. The highest BCUT2D eigenvalue weighted by Crippen LogP contribution is 2.21. The first-order chi connectivity index (χ1) is 8.98. The van der Waals surface area contributed by atoms with Crippen molar-refractivity contribution in [2.24, 2.45) is 0 Å². The second-order valence-electron chi connectivity index (χ2n) is 5.01. The van der Waals surface area contributed by atoms with E-state index in [-0.39, 0.29) is 23.6 Å². The first kappa shape index (κ1) is 12.3. The fourth-order valence-corrected chi connectivity index (χ4v) is 2.94. The Morgan fingerprint density at radius 3 is 3.05 bits per heavy atom. The number of amides is 1. The zero-order valence-corrected chi connectivity index (χ0v) is 11.2. The molecule has 2 aromatic rings. The number of thiazole rings is 1. The summed E-state index contributed by atoms with van der Waals surface area (Å²) in [5.41, 5.74) is -1.18. The molecule has 1 fully saturated rings. The molecule has 100 valence electrons. The molecule has 1 atom stereocenters. The van der Waals surface area contributed by atoms with Crippen molar-refractivity contribution in [1.82, 2.24) is 14.3 Å². The molecule has 1 aliphatic heterocycles. The summed E-state index contributed by atoms with van der Waals surface area (Å²) in [4.78, 5) is 30.6. The third-order valence-corrected chi connectivity index (χ3v) is 4.08. The van der Waals surface area contributed by atoms with Crippen LogP contribution >= 0.6 is 11.3 Å².